The van der Waals surface area contributed by atoms with Gasteiger partial charge < -0.3 is 19.9 Å². The lowest BCUT2D eigenvalue weighted by Gasteiger charge is -2.03. The number of alkyl halides is 3. The number of furan rings is 1. The first-order chi connectivity index (χ1) is 10.7. The summed E-state index contributed by atoms with van der Waals surface area (Å²) in [5, 5.41) is 19.2. The predicted molar refractivity (Wildman–Crippen MR) is 74.6 cm³/mol. The molecule has 0 atom stereocenters. The van der Waals surface area contributed by atoms with Gasteiger partial charge >= 0.3 is 12.1 Å². The van der Waals surface area contributed by atoms with Crippen LogP contribution in [0.1, 0.15) is 17.2 Å². The van der Waals surface area contributed by atoms with Gasteiger partial charge in [-0.2, -0.15) is 13.2 Å². The Hall–Kier alpha value is -2.55. The second-order valence-corrected chi connectivity index (χ2v) is 4.37. The first-order valence-corrected chi connectivity index (χ1v) is 6.37. The van der Waals surface area contributed by atoms with Crippen LogP contribution < -0.4 is 5.32 Å². The minimum Gasteiger partial charge on any atom is -0.475 e. The van der Waals surface area contributed by atoms with Gasteiger partial charge in [0.2, 0.25) is 0 Å². The molecule has 6 nitrogen and oxygen atoms in total. The molecule has 2 rings (SSSR count). The molecule has 0 spiro atoms. The molecule has 0 aliphatic rings. The molecule has 126 valence electrons. The van der Waals surface area contributed by atoms with E-state index in [9.17, 15) is 13.2 Å². The van der Waals surface area contributed by atoms with Crippen LogP contribution in [0.25, 0.3) is 0 Å². The van der Waals surface area contributed by atoms with Gasteiger partial charge in [-0.3, -0.25) is 4.98 Å². The molecule has 0 aliphatic carbocycles. The van der Waals surface area contributed by atoms with Crippen molar-refractivity contribution in [3.63, 3.8) is 0 Å². The highest BCUT2D eigenvalue weighted by molar-refractivity contribution is 5.73. The van der Waals surface area contributed by atoms with Gasteiger partial charge in [0.25, 0.3) is 0 Å². The highest BCUT2D eigenvalue weighted by Gasteiger charge is 2.38. The Kier molecular flexibility index (Phi) is 6.58. The number of pyridine rings is 1. The maximum absolute atomic E-state index is 10.6. The van der Waals surface area contributed by atoms with Gasteiger partial charge in [0, 0.05) is 5.69 Å². The molecule has 2 aromatic rings. The van der Waals surface area contributed by atoms with Crippen LogP contribution >= 0.6 is 0 Å². The molecule has 0 aliphatic heterocycles. The van der Waals surface area contributed by atoms with Crippen molar-refractivity contribution in [2.75, 3.05) is 5.32 Å². The van der Waals surface area contributed by atoms with Gasteiger partial charge in [0.1, 0.15) is 18.1 Å². The van der Waals surface area contributed by atoms with Crippen molar-refractivity contribution >= 4 is 11.7 Å². The van der Waals surface area contributed by atoms with Crippen LogP contribution in [0.5, 0.6) is 0 Å². The standard InChI is InChI=1S/C12H14N2O2.C2HF3O2/c1-9-2-3-10(6-13-9)14-7-11-4-5-12(8-15)16-11;3-2(4,5)1(6)7/h2-6,14-15H,7-8H2,1H3;(H,6,7). The zero-order valence-corrected chi connectivity index (χ0v) is 12.1. The molecule has 0 fully saturated rings. The predicted octanol–water partition coefficient (Wildman–Crippen LogP) is 2.72. The van der Waals surface area contributed by atoms with Crippen molar-refractivity contribution in [2.45, 2.75) is 26.3 Å². The zero-order valence-electron chi connectivity index (χ0n) is 12.1. The van der Waals surface area contributed by atoms with Crippen LogP contribution in [-0.4, -0.2) is 27.3 Å². The lowest BCUT2D eigenvalue weighted by molar-refractivity contribution is -0.192. The molecule has 0 aromatic carbocycles. The number of hydrogen-bond acceptors (Lipinski definition) is 5. The number of halogens is 3. The number of rotatable bonds is 4. The van der Waals surface area contributed by atoms with Crippen LogP contribution in [0.4, 0.5) is 18.9 Å². The smallest absolute Gasteiger partial charge is 0.475 e. The average molecular weight is 332 g/mol. The third-order valence-electron chi connectivity index (χ3n) is 2.49. The van der Waals surface area contributed by atoms with Gasteiger partial charge in [0.15, 0.2) is 0 Å². The molecule has 0 saturated carbocycles. The van der Waals surface area contributed by atoms with E-state index in [-0.39, 0.29) is 6.61 Å². The van der Waals surface area contributed by atoms with E-state index in [1.54, 1.807) is 12.3 Å². The van der Waals surface area contributed by atoms with Crippen molar-refractivity contribution < 1.29 is 32.6 Å². The van der Waals surface area contributed by atoms with Gasteiger partial charge in [-0.05, 0) is 31.2 Å². The number of carboxylic acid groups (broad SMARTS) is 1. The molecule has 0 amide bonds. The first-order valence-electron chi connectivity index (χ1n) is 6.37. The summed E-state index contributed by atoms with van der Waals surface area (Å²) in [6, 6.07) is 7.53. The van der Waals surface area contributed by atoms with Crippen molar-refractivity contribution in [1.82, 2.24) is 4.98 Å². The summed E-state index contributed by atoms with van der Waals surface area (Å²) >= 11 is 0. The first kappa shape index (κ1) is 18.5. The molecular weight excluding hydrogens is 317 g/mol. The highest BCUT2D eigenvalue weighted by atomic mass is 19.4. The summed E-state index contributed by atoms with van der Waals surface area (Å²) in [6.07, 6.45) is -3.30. The van der Waals surface area contributed by atoms with E-state index in [0.29, 0.717) is 12.3 Å². The van der Waals surface area contributed by atoms with E-state index in [1.165, 1.54) is 0 Å². The van der Waals surface area contributed by atoms with E-state index >= 15 is 0 Å². The summed E-state index contributed by atoms with van der Waals surface area (Å²) in [7, 11) is 0. The molecule has 3 N–H and O–H groups in total. The summed E-state index contributed by atoms with van der Waals surface area (Å²) < 4.78 is 37.1. The van der Waals surface area contributed by atoms with Gasteiger partial charge in [-0.25, -0.2) is 4.79 Å². The zero-order chi connectivity index (χ0) is 17.5. The molecule has 9 heteroatoms. The number of carbonyl (C=O) groups is 1. The van der Waals surface area contributed by atoms with E-state index in [0.717, 1.165) is 17.1 Å². The minimum absolute atomic E-state index is 0.0634. The molecule has 2 aromatic heterocycles. The SMILES string of the molecule is Cc1ccc(NCc2ccc(CO)o2)cn1.O=C(O)C(F)(F)F. The van der Waals surface area contributed by atoms with Crippen LogP contribution in [-0.2, 0) is 17.9 Å². The van der Waals surface area contributed by atoms with Gasteiger partial charge in [-0.1, -0.05) is 0 Å². The Morgan fingerprint density at radius 2 is 1.87 bits per heavy atom. The number of aryl methyl sites for hydroxylation is 1. The van der Waals surface area contributed by atoms with Crippen LogP contribution in [0.15, 0.2) is 34.9 Å². The van der Waals surface area contributed by atoms with E-state index in [1.807, 2.05) is 25.1 Å². The fourth-order valence-electron chi connectivity index (χ4n) is 1.36. The quantitative estimate of drug-likeness (QED) is 0.797. The number of nitrogens with one attached hydrogen (secondary N) is 1. The van der Waals surface area contributed by atoms with Crippen LogP contribution in [0, 0.1) is 6.92 Å². The normalized spacial score (nSPS) is 10.7. The van der Waals surface area contributed by atoms with Gasteiger partial charge in [0.05, 0.1) is 18.4 Å². The number of aromatic nitrogens is 1. The minimum atomic E-state index is -5.08. The number of aliphatic hydroxyl groups is 1. The topological polar surface area (TPSA) is 95.6 Å². The summed E-state index contributed by atoms with van der Waals surface area (Å²) in [5.74, 6) is -1.38. The number of nitrogens with zero attached hydrogens (tertiary/aromatic N) is 1. The number of aliphatic carboxylic acids is 1. The van der Waals surface area contributed by atoms with Crippen molar-refractivity contribution in [3.8, 4) is 0 Å². The Balaban J connectivity index is 0.000000322. The fraction of sp³-hybridized carbons (Fsp3) is 0.286. The second kappa shape index (κ2) is 8.18. The Morgan fingerprint density at radius 1 is 1.26 bits per heavy atom. The summed E-state index contributed by atoms with van der Waals surface area (Å²) in [6.45, 7) is 2.47. The number of aliphatic hydroxyl groups excluding tert-OH is 1. The van der Waals surface area contributed by atoms with Gasteiger partial charge in [-0.15, -0.1) is 0 Å². The Morgan fingerprint density at radius 3 is 2.30 bits per heavy atom. The molecule has 0 unspecified atom stereocenters. The fourth-order valence-corrected chi connectivity index (χ4v) is 1.36. The Labute approximate surface area is 129 Å². The molecule has 0 saturated heterocycles. The third kappa shape index (κ3) is 6.83. The second-order valence-electron chi connectivity index (χ2n) is 4.37. The third-order valence-corrected chi connectivity index (χ3v) is 2.49. The lowest BCUT2D eigenvalue weighted by Crippen LogP contribution is -2.21. The molecule has 2 heterocycles. The summed E-state index contributed by atoms with van der Waals surface area (Å²) in [5.41, 5.74) is 1.94. The Bertz CT molecular complexity index is 624. The number of anilines is 1. The molecule has 23 heavy (non-hydrogen) atoms. The van der Waals surface area contributed by atoms with E-state index in [4.69, 9.17) is 19.4 Å². The number of carboxylic acids is 1. The van der Waals surface area contributed by atoms with Crippen LogP contribution in [0.2, 0.25) is 0 Å². The monoisotopic (exact) mass is 332 g/mol. The van der Waals surface area contributed by atoms with Crippen molar-refractivity contribution in [3.05, 3.63) is 47.7 Å². The van der Waals surface area contributed by atoms with Crippen LogP contribution in [0.3, 0.4) is 0 Å². The molecule has 0 bridgehead atoms. The average Bonchev–Trinajstić information content (AvgIpc) is 2.94. The maximum atomic E-state index is 10.6. The lowest BCUT2D eigenvalue weighted by atomic mass is 10.3. The maximum Gasteiger partial charge on any atom is 0.490 e. The highest BCUT2D eigenvalue weighted by Crippen LogP contribution is 2.13. The molecular formula is C14H15F3N2O4. The summed E-state index contributed by atoms with van der Waals surface area (Å²) in [4.78, 5) is 13.1. The molecule has 0 radical (unpaired) electrons. The van der Waals surface area contributed by atoms with E-state index in [2.05, 4.69) is 10.3 Å². The largest absolute Gasteiger partial charge is 0.490 e. The van der Waals surface area contributed by atoms with E-state index < -0.39 is 12.1 Å². The van der Waals surface area contributed by atoms with Crippen molar-refractivity contribution in [1.29, 1.82) is 0 Å². The van der Waals surface area contributed by atoms with Crippen molar-refractivity contribution in [2.24, 2.45) is 0 Å². The number of hydrogen-bond donors (Lipinski definition) is 3.